The SMILES string of the molecule is N#Cc1ccnc(C#N)c1-c1cccc(-n2c3ccccc3c3ccccc32)c1. The summed E-state index contributed by atoms with van der Waals surface area (Å²) in [5.74, 6) is 0. The lowest BCUT2D eigenvalue weighted by Crippen LogP contribution is -1.97. The molecule has 0 aliphatic carbocycles. The Balaban J connectivity index is 1.82. The molecule has 0 fully saturated rings. The average molecular weight is 370 g/mol. The maximum absolute atomic E-state index is 9.54. The van der Waals surface area contributed by atoms with Gasteiger partial charge in [0.15, 0.2) is 0 Å². The lowest BCUT2D eigenvalue weighted by molar-refractivity contribution is 1.18. The summed E-state index contributed by atoms with van der Waals surface area (Å²) >= 11 is 0. The molecule has 0 aliphatic heterocycles. The molecule has 2 aromatic heterocycles. The second kappa shape index (κ2) is 6.64. The third-order valence-corrected chi connectivity index (χ3v) is 5.15. The van der Waals surface area contributed by atoms with Gasteiger partial charge in [-0.25, -0.2) is 4.98 Å². The number of fused-ring (bicyclic) bond motifs is 3. The van der Waals surface area contributed by atoms with E-state index in [2.05, 4.69) is 46.0 Å². The van der Waals surface area contributed by atoms with Gasteiger partial charge in [0.05, 0.1) is 22.7 Å². The Hall–Kier alpha value is -4.41. The monoisotopic (exact) mass is 370 g/mol. The fraction of sp³-hybridized carbons (Fsp3) is 0. The topological polar surface area (TPSA) is 65.4 Å². The lowest BCUT2D eigenvalue weighted by Gasteiger charge is -2.11. The van der Waals surface area contributed by atoms with Crippen LogP contribution in [0.4, 0.5) is 0 Å². The number of nitriles is 2. The van der Waals surface area contributed by atoms with Gasteiger partial charge >= 0.3 is 0 Å². The van der Waals surface area contributed by atoms with Crippen molar-refractivity contribution >= 4 is 21.8 Å². The van der Waals surface area contributed by atoms with Crippen LogP contribution in [0.1, 0.15) is 11.3 Å². The van der Waals surface area contributed by atoms with Crippen LogP contribution in [0.5, 0.6) is 0 Å². The summed E-state index contributed by atoms with van der Waals surface area (Å²) in [7, 11) is 0. The van der Waals surface area contributed by atoms with E-state index in [1.165, 1.54) is 17.0 Å². The van der Waals surface area contributed by atoms with Crippen molar-refractivity contribution in [3.05, 3.63) is 96.3 Å². The van der Waals surface area contributed by atoms with Gasteiger partial charge in [0.25, 0.3) is 0 Å². The first-order valence-corrected chi connectivity index (χ1v) is 9.20. The van der Waals surface area contributed by atoms with Gasteiger partial charge in [-0.15, -0.1) is 0 Å². The Labute approximate surface area is 167 Å². The zero-order valence-corrected chi connectivity index (χ0v) is 15.4. The lowest BCUT2D eigenvalue weighted by atomic mass is 9.98. The molecule has 0 spiro atoms. The second-order valence-corrected chi connectivity index (χ2v) is 6.73. The molecule has 0 unspecified atom stereocenters. The minimum Gasteiger partial charge on any atom is -0.309 e. The van der Waals surface area contributed by atoms with Crippen molar-refractivity contribution in [2.75, 3.05) is 0 Å². The fourth-order valence-corrected chi connectivity index (χ4v) is 3.93. The van der Waals surface area contributed by atoms with E-state index in [9.17, 15) is 10.5 Å². The van der Waals surface area contributed by atoms with E-state index in [-0.39, 0.29) is 5.69 Å². The number of nitrogens with zero attached hydrogens (tertiary/aromatic N) is 4. The minimum atomic E-state index is 0.253. The Morgan fingerprint density at radius 1 is 0.724 bits per heavy atom. The maximum Gasteiger partial charge on any atom is 0.149 e. The molecule has 5 aromatic rings. The summed E-state index contributed by atoms with van der Waals surface area (Å²) < 4.78 is 2.21. The molecule has 4 heteroatoms. The number of rotatable bonds is 2. The summed E-state index contributed by atoms with van der Waals surface area (Å²) in [6.45, 7) is 0. The summed E-state index contributed by atoms with van der Waals surface area (Å²) in [6, 6.07) is 30.5. The molecule has 0 bridgehead atoms. The zero-order valence-electron chi connectivity index (χ0n) is 15.4. The van der Waals surface area contributed by atoms with Crippen LogP contribution < -0.4 is 0 Å². The quantitative estimate of drug-likeness (QED) is 0.407. The highest BCUT2D eigenvalue weighted by Crippen LogP contribution is 2.34. The summed E-state index contributed by atoms with van der Waals surface area (Å²) in [6.07, 6.45) is 1.50. The van der Waals surface area contributed by atoms with E-state index in [4.69, 9.17) is 0 Å². The predicted molar refractivity (Wildman–Crippen MR) is 113 cm³/mol. The van der Waals surface area contributed by atoms with Gasteiger partial charge in [0.1, 0.15) is 11.8 Å². The Morgan fingerprint density at radius 3 is 2.07 bits per heavy atom. The molecule has 3 aromatic carbocycles. The van der Waals surface area contributed by atoms with Crippen LogP contribution in [0.25, 0.3) is 38.6 Å². The van der Waals surface area contributed by atoms with Crippen molar-refractivity contribution < 1.29 is 0 Å². The van der Waals surface area contributed by atoms with Crippen molar-refractivity contribution in [3.63, 3.8) is 0 Å². The molecule has 0 atom stereocenters. The van der Waals surface area contributed by atoms with Crippen LogP contribution in [0.15, 0.2) is 85.1 Å². The molecule has 0 N–H and O–H groups in total. The standard InChI is InChI=1S/C25H14N4/c26-15-18-12-13-28-22(16-27)25(18)17-6-5-7-19(14-17)29-23-10-3-1-8-20(23)21-9-2-4-11-24(21)29/h1-14H. The van der Waals surface area contributed by atoms with Gasteiger partial charge < -0.3 is 4.57 Å². The Kier molecular flexibility index (Phi) is 3.83. The highest BCUT2D eigenvalue weighted by atomic mass is 15.0. The van der Waals surface area contributed by atoms with E-state index >= 15 is 0 Å². The number of para-hydroxylation sites is 2. The van der Waals surface area contributed by atoms with E-state index in [0.717, 1.165) is 22.3 Å². The van der Waals surface area contributed by atoms with Crippen LogP contribution in [0.3, 0.4) is 0 Å². The molecule has 0 amide bonds. The summed E-state index contributed by atoms with van der Waals surface area (Å²) in [4.78, 5) is 4.16. The number of hydrogen-bond donors (Lipinski definition) is 0. The average Bonchev–Trinajstić information content (AvgIpc) is 3.13. The van der Waals surface area contributed by atoms with Gasteiger partial charge in [0, 0.05) is 28.2 Å². The van der Waals surface area contributed by atoms with E-state index in [1.807, 2.05) is 48.5 Å². The van der Waals surface area contributed by atoms with Crippen LogP contribution >= 0.6 is 0 Å². The first-order chi connectivity index (χ1) is 14.3. The molecule has 29 heavy (non-hydrogen) atoms. The fourth-order valence-electron chi connectivity index (χ4n) is 3.93. The van der Waals surface area contributed by atoms with Gasteiger partial charge in [-0.3, -0.25) is 0 Å². The largest absolute Gasteiger partial charge is 0.309 e. The first-order valence-electron chi connectivity index (χ1n) is 9.20. The van der Waals surface area contributed by atoms with Crippen molar-refractivity contribution in [2.24, 2.45) is 0 Å². The van der Waals surface area contributed by atoms with Gasteiger partial charge in [-0.05, 0) is 35.9 Å². The highest BCUT2D eigenvalue weighted by Gasteiger charge is 2.15. The smallest absolute Gasteiger partial charge is 0.149 e. The summed E-state index contributed by atoms with van der Waals surface area (Å²) in [5.41, 5.74) is 5.25. The normalized spacial score (nSPS) is 10.7. The molecule has 0 radical (unpaired) electrons. The number of aromatic nitrogens is 2. The van der Waals surface area contributed by atoms with E-state index < -0.39 is 0 Å². The molecule has 2 heterocycles. The van der Waals surface area contributed by atoms with Crippen LogP contribution in [-0.4, -0.2) is 9.55 Å². The van der Waals surface area contributed by atoms with E-state index in [0.29, 0.717) is 11.1 Å². The summed E-state index contributed by atoms with van der Waals surface area (Å²) in [5, 5.41) is 21.4. The minimum absolute atomic E-state index is 0.253. The van der Waals surface area contributed by atoms with Crippen LogP contribution in [0, 0.1) is 22.7 Å². The van der Waals surface area contributed by atoms with Crippen molar-refractivity contribution in [1.29, 1.82) is 10.5 Å². The number of pyridine rings is 1. The van der Waals surface area contributed by atoms with Crippen molar-refractivity contribution in [2.45, 2.75) is 0 Å². The molecule has 0 saturated heterocycles. The van der Waals surface area contributed by atoms with Gasteiger partial charge in [0.2, 0.25) is 0 Å². The molecule has 4 nitrogen and oxygen atoms in total. The third-order valence-electron chi connectivity index (χ3n) is 5.15. The Morgan fingerprint density at radius 2 is 1.41 bits per heavy atom. The second-order valence-electron chi connectivity index (χ2n) is 6.73. The van der Waals surface area contributed by atoms with Gasteiger partial charge in [-0.1, -0.05) is 48.5 Å². The van der Waals surface area contributed by atoms with Crippen molar-refractivity contribution in [3.8, 4) is 29.0 Å². The molecule has 134 valence electrons. The number of benzene rings is 3. The third kappa shape index (κ3) is 2.56. The number of hydrogen-bond acceptors (Lipinski definition) is 3. The molecule has 5 rings (SSSR count). The zero-order chi connectivity index (χ0) is 19.8. The Bertz CT molecular complexity index is 1390. The predicted octanol–water partition coefficient (Wildman–Crippen LogP) is 5.59. The van der Waals surface area contributed by atoms with Crippen LogP contribution in [0.2, 0.25) is 0 Å². The van der Waals surface area contributed by atoms with Gasteiger partial charge in [-0.2, -0.15) is 10.5 Å². The van der Waals surface area contributed by atoms with E-state index in [1.54, 1.807) is 6.07 Å². The highest BCUT2D eigenvalue weighted by molar-refractivity contribution is 6.09. The maximum atomic E-state index is 9.54. The molecule has 0 aliphatic rings. The molecular formula is C25H14N4. The van der Waals surface area contributed by atoms with Crippen molar-refractivity contribution in [1.82, 2.24) is 9.55 Å². The van der Waals surface area contributed by atoms with Crippen LogP contribution in [-0.2, 0) is 0 Å². The molecular weight excluding hydrogens is 356 g/mol. The first kappa shape index (κ1) is 16.7. The molecule has 0 saturated carbocycles.